The van der Waals surface area contributed by atoms with Crippen molar-refractivity contribution in [2.24, 2.45) is 5.92 Å². The van der Waals surface area contributed by atoms with Crippen molar-refractivity contribution in [1.82, 2.24) is 14.8 Å². The average Bonchev–Trinajstić information content (AvgIpc) is 3.15. The van der Waals surface area contributed by atoms with Gasteiger partial charge in [0.05, 0.1) is 17.6 Å². The van der Waals surface area contributed by atoms with E-state index in [0.717, 1.165) is 57.3 Å². The predicted molar refractivity (Wildman–Crippen MR) is 136 cm³/mol. The molecule has 2 aliphatic rings. The molecule has 0 bridgehead atoms. The highest BCUT2D eigenvalue weighted by atomic mass is 16.5. The second-order valence-electron chi connectivity index (χ2n) is 9.61. The third kappa shape index (κ3) is 5.47. The SMILES string of the molecule is O=C1CCCN1CCOc1ccccc1C(=O)N1CCCC(Cc2cccc3ncccc23)CC1. The van der Waals surface area contributed by atoms with Crippen LogP contribution in [0.4, 0.5) is 0 Å². The molecule has 5 rings (SSSR count). The highest BCUT2D eigenvalue weighted by Crippen LogP contribution is 2.27. The average molecular weight is 472 g/mol. The summed E-state index contributed by atoms with van der Waals surface area (Å²) in [4.78, 5) is 33.6. The molecular weight excluding hydrogens is 438 g/mol. The van der Waals surface area contributed by atoms with Gasteiger partial charge < -0.3 is 14.5 Å². The van der Waals surface area contributed by atoms with E-state index in [2.05, 4.69) is 29.2 Å². The molecule has 182 valence electrons. The van der Waals surface area contributed by atoms with E-state index < -0.39 is 0 Å². The molecule has 0 spiro atoms. The number of hydrogen-bond donors (Lipinski definition) is 0. The van der Waals surface area contributed by atoms with Crippen molar-refractivity contribution < 1.29 is 14.3 Å². The molecule has 2 aliphatic heterocycles. The summed E-state index contributed by atoms with van der Waals surface area (Å²) in [7, 11) is 0. The van der Waals surface area contributed by atoms with E-state index in [4.69, 9.17) is 4.74 Å². The number of amides is 2. The van der Waals surface area contributed by atoms with E-state index >= 15 is 0 Å². The quantitative estimate of drug-likeness (QED) is 0.500. The molecule has 0 saturated carbocycles. The van der Waals surface area contributed by atoms with Crippen molar-refractivity contribution >= 4 is 22.7 Å². The van der Waals surface area contributed by atoms with Gasteiger partial charge in [0.25, 0.3) is 5.91 Å². The van der Waals surface area contributed by atoms with Gasteiger partial charge in [-0.3, -0.25) is 14.6 Å². The molecule has 3 aromatic rings. The van der Waals surface area contributed by atoms with Crippen molar-refractivity contribution in [3.05, 3.63) is 71.9 Å². The maximum absolute atomic E-state index is 13.5. The van der Waals surface area contributed by atoms with E-state index in [1.165, 1.54) is 10.9 Å². The van der Waals surface area contributed by atoms with E-state index in [9.17, 15) is 9.59 Å². The third-order valence-corrected chi connectivity index (χ3v) is 7.29. The monoisotopic (exact) mass is 471 g/mol. The van der Waals surface area contributed by atoms with Gasteiger partial charge in [-0.25, -0.2) is 0 Å². The van der Waals surface area contributed by atoms with Crippen LogP contribution in [0.25, 0.3) is 10.9 Å². The summed E-state index contributed by atoms with van der Waals surface area (Å²) in [5.74, 6) is 1.38. The van der Waals surface area contributed by atoms with Crippen molar-refractivity contribution in [2.75, 3.05) is 32.8 Å². The van der Waals surface area contributed by atoms with Gasteiger partial charge in [-0.1, -0.05) is 30.3 Å². The lowest BCUT2D eigenvalue weighted by molar-refractivity contribution is -0.128. The molecule has 2 aromatic carbocycles. The molecule has 6 nitrogen and oxygen atoms in total. The highest BCUT2D eigenvalue weighted by molar-refractivity contribution is 5.97. The Hall–Kier alpha value is -3.41. The van der Waals surface area contributed by atoms with Crippen LogP contribution in [0.1, 0.15) is 48.0 Å². The Balaban J connectivity index is 1.20. The molecule has 3 heterocycles. The topological polar surface area (TPSA) is 62.7 Å². The Bertz CT molecular complexity index is 1190. The van der Waals surface area contributed by atoms with Crippen molar-refractivity contribution in [1.29, 1.82) is 0 Å². The van der Waals surface area contributed by atoms with E-state index in [0.29, 0.717) is 36.8 Å². The van der Waals surface area contributed by atoms with Crippen LogP contribution in [-0.2, 0) is 11.2 Å². The third-order valence-electron chi connectivity index (χ3n) is 7.29. The zero-order valence-electron chi connectivity index (χ0n) is 20.2. The van der Waals surface area contributed by atoms with Crippen molar-refractivity contribution in [3.8, 4) is 5.75 Å². The Morgan fingerprint density at radius 1 is 0.971 bits per heavy atom. The maximum Gasteiger partial charge on any atom is 0.257 e. The van der Waals surface area contributed by atoms with E-state index in [1.807, 2.05) is 46.3 Å². The maximum atomic E-state index is 13.5. The van der Waals surface area contributed by atoms with Crippen molar-refractivity contribution in [2.45, 2.75) is 38.5 Å². The van der Waals surface area contributed by atoms with Gasteiger partial charge in [0.1, 0.15) is 12.4 Å². The highest BCUT2D eigenvalue weighted by Gasteiger charge is 2.25. The number of benzene rings is 2. The summed E-state index contributed by atoms with van der Waals surface area (Å²) >= 11 is 0. The fraction of sp³-hybridized carbons (Fsp3) is 0.414. The van der Waals surface area contributed by atoms with Crippen LogP contribution < -0.4 is 4.74 Å². The lowest BCUT2D eigenvalue weighted by atomic mass is 9.91. The summed E-state index contributed by atoms with van der Waals surface area (Å²) in [6, 6.07) is 18.0. The Morgan fingerprint density at radius 3 is 2.77 bits per heavy atom. The summed E-state index contributed by atoms with van der Waals surface area (Å²) < 4.78 is 5.98. The molecule has 1 aromatic heterocycles. The van der Waals surface area contributed by atoms with Crippen LogP contribution in [0, 0.1) is 5.92 Å². The Morgan fingerprint density at radius 2 is 1.89 bits per heavy atom. The van der Waals surface area contributed by atoms with Gasteiger partial charge in [0, 0.05) is 37.6 Å². The molecule has 2 amide bonds. The lowest BCUT2D eigenvalue weighted by Crippen LogP contribution is -2.33. The van der Waals surface area contributed by atoms with Crippen LogP contribution in [-0.4, -0.2) is 59.4 Å². The standard InChI is InChI=1S/C29H33N3O3/c33-28-13-6-16-31(28)19-20-35-27-12-2-1-9-25(27)29(34)32-17-5-7-22(14-18-32)21-23-8-3-11-26-24(23)10-4-15-30-26/h1-4,8-12,15,22H,5-7,13-14,16-21H2. The van der Waals surface area contributed by atoms with Gasteiger partial charge in [-0.15, -0.1) is 0 Å². The molecule has 0 N–H and O–H groups in total. The minimum absolute atomic E-state index is 0.0351. The summed E-state index contributed by atoms with van der Waals surface area (Å²) in [6.07, 6.45) is 7.50. The zero-order chi connectivity index (χ0) is 24.0. The zero-order valence-corrected chi connectivity index (χ0v) is 20.2. The minimum Gasteiger partial charge on any atom is -0.491 e. The molecule has 2 saturated heterocycles. The second kappa shape index (κ2) is 10.9. The fourth-order valence-corrected chi connectivity index (χ4v) is 5.37. The number of rotatable bonds is 7. The van der Waals surface area contributed by atoms with E-state index in [-0.39, 0.29) is 11.8 Å². The van der Waals surface area contributed by atoms with Gasteiger partial charge >= 0.3 is 0 Å². The number of para-hydroxylation sites is 1. The van der Waals surface area contributed by atoms with Crippen LogP contribution in [0.3, 0.4) is 0 Å². The first-order valence-electron chi connectivity index (χ1n) is 12.8. The Labute approximate surface area is 206 Å². The van der Waals surface area contributed by atoms with Crippen LogP contribution in [0.15, 0.2) is 60.8 Å². The van der Waals surface area contributed by atoms with Gasteiger partial charge in [-0.2, -0.15) is 0 Å². The molecule has 1 unspecified atom stereocenters. The molecular formula is C29H33N3O3. The number of hydrogen-bond acceptors (Lipinski definition) is 4. The predicted octanol–water partition coefficient (Wildman–Crippen LogP) is 4.72. The van der Waals surface area contributed by atoms with Crippen LogP contribution in [0.5, 0.6) is 5.75 Å². The van der Waals surface area contributed by atoms with E-state index in [1.54, 1.807) is 0 Å². The molecule has 2 fully saturated rings. The first-order chi connectivity index (χ1) is 17.2. The lowest BCUT2D eigenvalue weighted by Gasteiger charge is -2.23. The number of fused-ring (bicyclic) bond motifs is 1. The Kier molecular flexibility index (Phi) is 7.26. The summed E-state index contributed by atoms with van der Waals surface area (Å²) in [5.41, 5.74) is 3.00. The minimum atomic E-state index is 0.0351. The molecule has 0 aliphatic carbocycles. The van der Waals surface area contributed by atoms with Crippen LogP contribution >= 0.6 is 0 Å². The number of nitrogens with zero attached hydrogens (tertiary/aromatic N) is 3. The first kappa shape index (κ1) is 23.3. The molecule has 6 heteroatoms. The smallest absolute Gasteiger partial charge is 0.257 e. The summed E-state index contributed by atoms with van der Waals surface area (Å²) in [6.45, 7) is 3.29. The normalized spacial score (nSPS) is 18.6. The first-order valence-corrected chi connectivity index (χ1v) is 12.8. The fourth-order valence-electron chi connectivity index (χ4n) is 5.37. The molecule has 1 atom stereocenters. The number of carbonyl (C=O) groups is 2. The second-order valence-corrected chi connectivity index (χ2v) is 9.61. The molecule has 0 radical (unpaired) electrons. The summed E-state index contributed by atoms with van der Waals surface area (Å²) in [5, 5.41) is 1.23. The van der Waals surface area contributed by atoms with Gasteiger partial charge in [0.15, 0.2) is 0 Å². The van der Waals surface area contributed by atoms with Gasteiger partial charge in [0.2, 0.25) is 5.91 Å². The number of ether oxygens (including phenoxy) is 1. The largest absolute Gasteiger partial charge is 0.491 e. The number of aromatic nitrogens is 1. The molecule has 35 heavy (non-hydrogen) atoms. The number of carbonyl (C=O) groups excluding carboxylic acids is 2. The number of likely N-dealkylation sites (tertiary alicyclic amines) is 2. The van der Waals surface area contributed by atoms with Crippen LogP contribution in [0.2, 0.25) is 0 Å². The van der Waals surface area contributed by atoms with Crippen molar-refractivity contribution in [3.63, 3.8) is 0 Å². The number of pyridine rings is 1. The van der Waals surface area contributed by atoms with Gasteiger partial charge in [-0.05, 0) is 67.9 Å².